The third-order valence-corrected chi connectivity index (χ3v) is 2.77. The van der Waals surface area contributed by atoms with Gasteiger partial charge in [-0.05, 0) is 37.1 Å². The monoisotopic (exact) mass is 216 g/mol. The molecule has 5 heteroatoms. The Bertz CT molecular complexity index is 425. The Balaban J connectivity index is 3.43. The van der Waals surface area contributed by atoms with Crippen molar-refractivity contribution in [2.24, 2.45) is 0 Å². The highest BCUT2D eigenvalue weighted by Gasteiger charge is 2.13. The molecule has 78 valence electrons. The summed E-state index contributed by atoms with van der Waals surface area (Å²) in [5, 5.41) is 0. The fraction of sp³-hybridized carbons (Fsp3) is 0.333. The maximum atomic E-state index is 10.9. The molecule has 0 aromatic heterocycles. The minimum atomic E-state index is -4.13. The first kappa shape index (κ1) is 11.0. The SMILES string of the molecule is COc1c(C)cc(S(=O)(=O)O)cc1C. The number of benzene rings is 1. The molecule has 0 amide bonds. The van der Waals surface area contributed by atoms with E-state index in [0.717, 1.165) is 0 Å². The van der Waals surface area contributed by atoms with Crippen LogP contribution in [0.4, 0.5) is 0 Å². The Morgan fingerprint density at radius 1 is 1.21 bits per heavy atom. The number of hydrogen-bond donors (Lipinski definition) is 1. The topological polar surface area (TPSA) is 63.6 Å². The van der Waals surface area contributed by atoms with Crippen LogP contribution in [0.3, 0.4) is 0 Å². The van der Waals surface area contributed by atoms with E-state index in [2.05, 4.69) is 0 Å². The molecular weight excluding hydrogens is 204 g/mol. The minimum Gasteiger partial charge on any atom is -0.496 e. The van der Waals surface area contributed by atoms with E-state index in [1.807, 2.05) is 0 Å². The Morgan fingerprint density at radius 3 is 1.93 bits per heavy atom. The maximum Gasteiger partial charge on any atom is 0.294 e. The van der Waals surface area contributed by atoms with Crippen LogP contribution in [-0.4, -0.2) is 20.1 Å². The number of aryl methyl sites for hydroxylation is 2. The van der Waals surface area contributed by atoms with Gasteiger partial charge in [0.25, 0.3) is 10.1 Å². The molecule has 1 aromatic carbocycles. The standard InChI is InChI=1S/C9H12O4S/c1-6-4-8(14(10,11)12)5-7(2)9(6)13-3/h4-5H,1-3H3,(H,10,11,12). The van der Waals surface area contributed by atoms with Crippen molar-refractivity contribution in [1.29, 1.82) is 0 Å². The van der Waals surface area contributed by atoms with E-state index in [0.29, 0.717) is 16.9 Å². The Labute approximate surface area is 83.3 Å². The first-order valence-corrected chi connectivity index (χ1v) is 5.43. The molecule has 1 N–H and O–H groups in total. The summed E-state index contributed by atoms with van der Waals surface area (Å²) in [6.45, 7) is 3.45. The van der Waals surface area contributed by atoms with Crippen molar-refractivity contribution in [1.82, 2.24) is 0 Å². The summed E-state index contributed by atoms with van der Waals surface area (Å²) < 4.78 is 35.6. The van der Waals surface area contributed by atoms with Gasteiger partial charge in [-0.25, -0.2) is 0 Å². The lowest BCUT2D eigenvalue weighted by Crippen LogP contribution is -2.01. The normalized spacial score (nSPS) is 11.4. The van der Waals surface area contributed by atoms with Crippen molar-refractivity contribution in [3.05, 3.63) is 23.3 Å². The van der Waals surface area contributed by atoms with Crippen LogP contribution in [-0.2, 0) is 10.1 Å². The van der Waals surface area contributed by atoms with E-state index in [9.17, 15) is 8.42 Å². The number of rotatable bonds is 2. The molecule has 0 saturated carbocycles. The van der Waals surface area contributed by atoms with Crippen molar-refractivity contribution < 1.29 is 17.7 Å². The van der Waals surface area contributed by atoms with Crippen LogP contribution >= 0.6 is 0 Å². The Morgan fingerprint density at radius 2 is 1.64 bits per heavy atom. The lowest BCUT2D eigenvalue weighted by molar-refractivity contribution is 0.408. The summed E-state index contributed by atoms with van der Waals surface area (Å²) >= 11 is 0. The van der Waals surface area contributed by atoms with Crippen molar-refractivity contribution in [2.75, 3.05) is 7.11 Å². The maximum absolute atomic E-state index is 10.9. The molecule has 0 atom stereocenters. The van der Waals surface area contributed by atoms with Crippen molar-refractivity contribution in [3.8, 4) is 5.75 Å². The lowest BCUT2D eigenvalue weighted by atomic mass is 10.1. The average molecular weight is 216 g/mol. The molecule has 0 unspecified atom stereocenters. The second kappa shape index (κ2) is 3.59. The van der Waals surface area contributed by atoms with Crippen LogP contribution in [0.15, 0.2) is 17.0 Å². The van der Waals surface area contributed by atoms with Crippen molar-refractivity contribution in [3.63, 3.8) is 0 Å². The second-order valence-electron chi connectivity index (χ2n) is 3.07. The van der Waals surface area contributed by atoms with Crippen LogP contribution in [0, 0.1) is 13.8 Å². The highest BCUT2D eigenvalue weighted by Crippen LogP contribution is 2.26. The van der Waals surface area contributed by atoms with E-state index in [1.165, 1.54) is 19.2 Å². The fourth-order valence-corrected chi connectivity index (χ4v) is 2.03. The van der Waals surface area contributed by atoms with Gasteiger partial charge in [-0.15, -0.1) is 0 Å². The van der Waals surface area contributed by atoms with Gasteiger partial charge in [0.05, 0.1) is 12.0 Å². The third kappa shape index (κ3) is 2.05. The molecule has 0 aliphatic rings. The number of methoxy groups -OCH3 is 1. The molecule has 0 fully saturated rings. The van der Waals surface area contributed by atoms with E-state index in [4.69, 9.17) is 9.29 Å². The largest absolute Gasteiger partial charge is 0.496 e. The molecule has 0 radical (unpaired) electrons. The summed E-state index contributed by atoms with van der Waals surface area (Å²) in [5.74, 6) is 0.636. The summed E-state index contributed by atoms with van der Waals surface area (Å²) in [4.78, 5) is -0.103. The molecule has 0 saturated heterocycles. The van der Waals surface area contributed by atoms with E-state index < -0.39 is 10.1 Å². The lowest BCUT2D eigenvalue weighted by Gasteiger charge is -2.09. The molecule has 4 nitrogen and oxygen atoms in total. The van der Waals surface area contributed by atoms with Gasteiger partial charge < -0.3 is 4.74 Å². The third-order valence-electron chi connectivity index (χ3n) is 1.94. The highest BCUT2D eigenvalue weighted by atomic mass is 32.2. The van der Waals surface area contributed by atoms with E-state index in [-0.39, 0.29) is 4.90 Å². The van der Waals surface area contributed by atoms with E-state index >= 15 is 0 Å². The van der Waals surface area contributed by atoms with Gasteiger partial charge in [-0.3, -0.25) is 4.55 Å². The number of ether oxygens (including phenoxy) is 1. The Hall–Kier alpha value is -1.07. The average Bonchev–Trinajstić information content (AvgIpc) is 2.01. The van der Waals surface area contributed by atoms with Crippen LogP contribution in [0.1, 0.15) is 11.1 Å². The molecular formula is C9H12O4S. The molecule has 0 spiro atoms. The predicted octanol–water partition coefficient (Wildman–Crippen LogP) is 1.56. The summed E-state index contributed by atoms with van der Waals surface area (Å²) in [5.41, 5.74) is 1.36. The highest BCUT2D eigenvalue weighted by molar-refractivity contribution is 7.85. The van der Waals surface area contributed by atoms with Crippen LogP contribution in [0.5, 0.6) is 5.75 Å². The molecule has 1 aromatic rings. The Kier molecular flexibility index (Phi) is 2.82. The van der Waals surface area contributed by atoms with Gasteiger partial charge in [0.15, 0.2) is 0 Å². The second-order valence-corrected chi connectivity index (χ2v) is 4.49. The first-order valence-electron chi connectivity index (χ1n) is 3.99. The van der Waals surface area contributed by atoms with Gasteiger partial charge in [0.2, 0.25) is 0 Å². The molecule has 0 heterocycles. The molecule has 1 rings (SSSR count). The van der Waals surface area contributed by atoms with E-state index in [1.54, 1.807) is 13.8 Å². The van der Waals surface area contributed by atoms with Crippen LogP contribution < -0.4 is 4.74 Å². The quantitative estimate of drug-likeness (QED) is 0.762. The fourth-order valence-electron chi connectivity index (χ4n) is 1.38. The van der Waals surface area contributed by atoms with Gasteiger partial charge in [-0.2, -0.15) is 8.42 Å². The minimum absolute atomic E-state index is 0.103. The molecule has 0 aliphatic heterocycles. The zero-order valence-corrected chi connectivity index (χ0v) is 9.05. The smallest absolute Gasteiger partial charge is 0.294 e. The molecule has 14 heavy (non-hydrogen) atoms. The number of hydrogen-bond acceptors (Lipinski definition) is 3. The van der Waals surface area contributed by atoms with Gasteiger partial charge in [0, 0.05) is 0 Å². The van der Waals surface area contributed by atoms with Crippen molar-refractivity contribution >= 4 is 10.1 Å². The summed E-state index contributed by atoms with van der Waals surface area (Å²) in [6.07, 6.45) is 0. The molecule has 0 bridgehead atoms. The van der Waals surface area contributed by atoms with Crippen LogP contribution in [0.2, 0.25) is 0 Å². The summed E-state index contributed by atoms with van der Waals surface area (Å²) in [6, 6.07) is 2.75. The zero-order chi connectivity index (χ0) is 10.9. The molecule has 0 aliphatic carbocycles. The van der Waals surface area contributed by atoms with Gasteiger partial charge in [-0.1, -0.05) is 0 Å². The zero-order valence-electron chi connectivity index (χ0n) is 8.23. The summed E-state index contributed by atoms with van der Waals surface area (Å²) in [7, 11) is -2.61. The van der Waals surface area contributed by atoms with Crippen LogP contribution in [0.25, 0.3) is 0 Å². The predicted molar refractivity (Wildman–Crippen MR) is 52.3 cm³/mol. The van der Waals surface area contributed by atoms with Crippen molar-refractivity contribution in [2.45, 2.75) is 18.7 Å². The first-order chi connectivity index (χ1) is 6.36. The van der Waals surface area contributed by atoms with Gasteiger partial charge >= 0.3 is 0 Å². The van der Waals surface area contributed by atoms with Gasteiger partial charge in [0.1, 0.15) is 5.75 Å².